The first kappa shape index (κ1) is 46.6. The van der Waals surface area contributed by atoms with E-state index >= 15 is 0 Å². The number of halogens is 3. The molecule has 0 spiro atoms. The molecule has 4 aliphatic heterocycles. The van der Waals surface area contributed by atoms with Gasteiger partial charge in [-0.3, -0.25) is 29.0 Å². The van der Waals surface area contributed by atoms with Crippen LogP contribution in [0.1, 0.15) is 72.9 Å². The van der Waals surface area contributed by atoms with E-state index in [1.165, 1.54) is 12.1 Å². The standard InChI is InChI=1S/C54H58F3N7O4/c55-41-19-25-46(26-20-41)62(33-37-15-21-44(22-16-37)58-51(65)47-13-7-29-63(47)53(67)49(39-9-3-1-4-10-39)60-31-27-42(56)35-60)34-38-17-23-45(24-18-38)59-52(66)48-14-8-30-64(48)54(68)50(40-11-5-2-6-12-40)61-32-28-43(57)36-61/h1-6,9-12,15-26,42-43,47-50H,7-8,13-14,27-36H2,(H,58,65)(H,59,66)/t42-,43-,47+,48+,49-,50+/m1/s1. The molecule has 354 valence electrons. The molecule has 11 nitrogen and oxygen atoms in total. The van der Waals surface area contributed by atoms with Crippen molar-refractivity contribution in [3.05, 3.63) is 162 Å². The van der Waals surface area contributed by atoms with Gasteiger partial charge in [0.15, 0.2) is 0 Å². The summed E-state index contributed by atoms with van der Waals surface area (Å²) >= 11 is 0. The summed E-state index contributed by atoms with van der Waals surface area (Å²) in [7, 11) is 0. The van der Waals surface area contributed by atoms with E-state index in [2.05, 4.69) is 15.5 Å². The fraction of sp³-hybridized carbons (Fsp3) is 0.370. The van der Waals surface area contributed by atoms with Gasteiger partial charge in [-0.1, -0.05) is 84.9 Å². The van der Waals surface area contributed by atoms with Crippen LogP contribution in [-0.4, -0.2) is 107 Å². The third-order valence-corrected chi connectivity index (χ3v) is 13.8. The summed E-state index contributed by atoms with van der Waals surface area (Å²) in [6.07, 6.45) is 1.20. The minimum Gasteiger partial charge on any atom is -0.363 e. The molecule has 2 N–H and O–H groups in total. The summed E-state index contributed by atoms with van der Waals surface area (Å²) < 4.78 is 42.8. The van der Waals surface area contributed by atoms with E-state index in [-0.39, 0.29) is 42.5 Å². The lowest BCUT2D eigenvalue weighted by atomic mass is 10.0. The van der Waals surface area contributed by atoms with Gasteiger partial charge in [0.25, 0.3) is 0 Å². The zero-order valence-electron chi connectivity index (χ0n) is 38.1. The van der Waals surface area contributed by atoms with Gasteiger partial charge in [-0.2, -0.15) is 0 Å². The van der Waals surface area contributed by atoms with Crippen molar-refractivity contribution >= 4 is 40.7 Å². The number of hydrogen-bond donors (Lipinski definition) is 2. The molecule has 4 saturated heterocycles. The number of rotatable bonds is 15. The number of likely N-dealkylation sites (tertiary alicyclic amines) is 4. The number of benzene rings is 5. The predicted octanol–water partition coefficient (Wildman–Crippen LogP) is 8.46. The van der Waals surface area contributed by atoms with E-state index in [9.17, 15) is 32.3 Å². The molecule has 0 aromatic heterocycles. The molecule has 6 atom stereocenters. The van der Waals surface area contributed by atoms with Gasteiger partial charge in [0.2, 0.25) is 23.6 Å². The summed E-state index contributed by atoms with van der Waals surface area (Å²) in [5.74, 6) is -1.26. The van der Waals surface area contributed by atoms with Crippen LogP contribution in [0, 0.1) is 5.82 Å². The quantitative estimate of drug-likeness (QED) is 0.109. The Morgan fingerprint density at radius 3 is 1.32 bits per heavy atom. The van der Waals surface area contributed by atoms with Crippen LogP contribution in [0.4, 0.5) is 30.2 Å². The molecule has 0 aliphatic carbocycles. The van der Waals surface area contributed by atoms with Crippen molar-refractivity contribution in [3.8, 4) is 0 Å². The maximum atomic E-state index is 14.4. The summed E-state index contributed by atoms with van der Waals surface area (Å²) in [5, 5.41) is 6.05. The Morgan fingerprint density at radius 2 is 0.941 bits per heavy atom. The Bertz CT molecular complexity index is 2370. The zero-order chi connectivity index (χ0) is 47.1. The number of carbonyl (C=O) groups excluding carboxylic acids is 4. The van der Waals surface area contributed by atoms with Gasteiger partial charge >= 0.3 is 0 Å². The molecule has 0 radical (unpaired) electrons. The van der Waals surface area contributed by atoms with Crippen molar-refractivity contribution in [2.75, 3.05) is 54.8 Å². The van der Waals surface area contributed by atoms with Gasteiger partial charge in [-0.05, 0) is 109 Å². The summed E-state index contributed by atoms with van der Waals surface area (Å²) in [4.78, 5) is 65.1. The van der Waals surface area contributed by atoms with Crippen LogP contribution >= 0.6 is 0 Å². The maximum absolute atomic E-state index is 14.4. The van der Waals surface area contributed by atoms with Crippen LogP contribution in [0.15, 0.2) is 133 Å². The first-order valence-corrected chi connectivity index (χ1v) is 23.8. The molecule has 5 aromatic rings. The van der Waals surface area contributed by atoms with Gasteiger partial charge in [-0.25, -0.2) is 13.2 Å². The molecule has 0 bridgehead atoms. The van der Waals surface area contributed by atoms with Crippen LogP contribution in [0.25, 0.3) is 0 Å². The molecule has 5 aromatic carbocycles. The third-order valence-electron chi connectivity index (χ3n) is 13.8. The Hall–Kier alpha value is -6.51. The normalized spacial score (nSPS) is 21.7. The first-order valence-electron chi connectivity index (χ1n) is 23.8. The predicted molar refractivity (Wildman–Crippen MR) is 256 cm³/mol. The van der Waals surface area contributed by atoms with Crippen molar-refractivity contribution in [3.63, 3.8) is 0 Å². The molecule has 4 fully saturated rings. The van der Waals surface area contributed by atoms with E-state index < -0.39 is 36.5 Å². The third kappa shape index (κ3) is 10.8. The van der Waals surface area contributed by atoms with Gasteiger partial charge in [0, 0.05) is 69.4 Å². The Labute approximate surface area is 395 Å². The molecule has 14 heteroatoms. The van der Waals surface area contributed by atoms with E-state index in [4.69, 9.17) is 0 Å². The second-order valence-electron chi connectivity index (χ2n) is 18.5. The van der Waals surface area contributed by atoms with Crippen LogP contribution in [0.5, 0.6) is 0 Å². The van der Waals surface area contributed by atoms with Crippen molar-refractivity contribution in [2.45, 2.75) is 88.1 Å². The lowest BCUT2D eigenvalue weighted by Crippen LogP contribution is -2.48. The van der Waals surface area contributed by atoms with Crippen LogP contribution < -0.4 is 15.5 Å². The maximum Gasteiger partial charge on any atom is 0.247 e. The molecular formula is C54H58F3N7O4. The Balaban J connectivity index is 0.832. The second kappa shape index (κ2) is 21.2. The average molecular weight is 926 g/mol. The van der Waals surface area contributed by atoms with Gasteiger partial charge in [-0.15, -0.1) is 0 Å². The first-order chi connectivity index (χ1) is 33.1. The molecule has 68 heavy (non-hydrogen) atoms. The average Bonchev–Trinajstić information content (AvgIpc) is 4.20. The highest BCUT2D eigenvalue weighted by Crippen LogP contribution is 2.34. The van der Waals surface area contributed by atoms with Crippen LogP contribution in [0.2, 0.25) is 0 Å². The highest BCUT2D eigenvalue weighted by Gasteiger charge is 2.43. The summed E-state index contributed by atoms with van der Waals surface area (Å²) in [6.45, 7) is 3.12. The molecule has 0 unspecified atom stereocenters. The van der Waals surface area contributed by atoms with E-state index in [1.807, 2.05) is 119 Å². The lowest BCUT2D eigenvalue weighted by molar-refractivity contribution is -0.141. The Kier molecular flexibility index (Phi) is 14.5. The second-order valence-corrected chi connectivity index (χ2v) is 18.5. The number of nitrogens with zero attached hydrogens (tertiary/aromatic N) is 5. The highest BCUT2D eigenvalue weighted by atomic mass is 19.1. The number of anilines is 3. The largest absolute Gasteiger partial charge is 0.363 e. The van der Waals surface area contributed by atoms with Crippen molar-refractivity contribution in [1.82, 2.24) is 19.6 Å². The highest BCUT2D eigenvalue weighted by molar-refractivity contribution is 5.99. The number of carbonyl (C=O) groups is 4. The number of nitrogens with one attached hydrogen (secondary N) is 2. The molecule has 0 saturated carbocycles. The van der Waals surface area contributed by atoms with Crippen LogP contribution in [0.3, 0.4) is 0 Å². The minimum atomic E-state index is -0.991. The van der Waals surface area contributed by atoms with Gasteiger partial charge in [0.05, 0.1) is 0 Å². The van der Waals surface area contributed by atoms with E-state index in [1.54, 1.807) is 21.9 Å². The van der Waals surface area contributed by atoms with E-state index in [0.29, 0.717) is 89.2 Å². The number of alkyl halides is 2. The summed E-state index contributed by atoms with van der Waals surface area (Å²) in [5.41, 5.74) is 5.44. The molecule has 4 heterocycles. The van der Waals surface area contributed by atoms with Gasteiger partial charge in [0.1, 0.15) is 42.3 Å². The number of hydrogen-bond acceptors (Lipinski definition) is 7. The Morgan fingerprint density at radius 1 is 0.529 bits per heavy atom. The topological polar surface area (TPSA) is 109 Å². The lowest BCUT2D eigenvalue weighted by Gasteiger charge is -2.33. The SMILES string of the molecule is O=C(Nc1ccc(CN(Cc2ccc(NC(=O)[C@@H]3CCCN3C(=O)[C@@H](c3ccccc3)N3CC[C@@H](F)C3)cc2)c2ccc(F)cc2)cc1)[C@@H]1CCCN1C(=O)[C@H](c1ccccc1)N1CC[C@@H](F)C1. The smallest absolute Gasteiger partial charge is 0.247 e. The van der Waals surface area contributed by atoms with Crippen molar-refractivity contribution in [2.24, 2.45) is 0 Å². The molecule has 4 aliphatic rings. The van der Waals surface area contributed by atoms with Crippen molar-refractivity contribution < 1.29 is 32.3 Å². The van der Waals surface area contributed by atoms with E-state index in [0.717, 1.165) is 27.9 Å². The summed E-state index contributed by atoms with van der Waals surface area (Å²) in [6, 6.07) is 37.5. The van der Waals surface area contributed by atoms with Crippen molar-refractivity contribution in [1.29, 1.82) is 0 Å². The minimum absolute atomic E-state index is 0.180. The number of amides is 4. The monoisotopic (exact) mass is 925 g/mol. The van der Waals surface area contributed by atoms with Crippen LogP contribution in [-0.2, 0) is 32.3 Å². The molecule has 4 amide bonds. The van der Waals surface area contributed by atoms with Gasteiger partial charge < -0.3 is 25.3 Å². The zero-order valence-corrected chi connectivity index (χ0v) is 38.1. The molecular weight excluding hydrogens is 868 g/mol. The fourth-order valence-electron chi connectivity index (χ4n) is 10.3. The molecule has 9 rings (SSSR count). The fourth-order valence-corrected chi connectivity index (χ4v) is 10.3.